The van der Waals surface area contributed by atoms with Gasteiger partial charge in [0, 0.05) is 25.1 Å². The second kappa shape index (κ2) is 7.32. The van der Waals surface area contributed by atoms with Crippen molar-refractivity contribution in [2.75, 3.05) is 19.6 Å². The number of Topliss-reactive ketones (excluding diaryl/α,β-unsaturated/α-hetero) is 2. The maximum Gasteiger partial charge on any atom is 0.162 e. The van der Waals surface area contributed by atoms with E-state index in [0.29, 0.717) is 37.9 Å². The Morgan fingerprint density at radius 1 is 1.35 bits per heavy atom. The van der Waals surface area contributed by atoms with Gasteiger partial charge in [-0.25, -0.2) is 4.39 Å². The molecule has 2 atom stereocenters. The molecule has 0 aromatic heterocycles. The van der Waals surface area contributed by atoms with Crippen LogP contribution in [0.3, 0.4) is 0 Å². The number of rotatable bonds is 6. The lowest BCUT2D eigenvalue weighted by Crippen LogP contribution is -2.52. The third kappa shape index (κ3) is 4.69. The molecular weight excluding hydrogens is 297 g/mol. The van der Waals surface area contributed by atoms with Crippen LogP contribution in [-0.2, 0) is 4.79 Å². The van der Waals surface area contributed by atoms with E-state index in [2.05, 4.69) is 4.90 Å². The second-order valence-electron chi connectivity index (χ2n) is 6.60. The molecule has 1 aromatic rings. The molecule has 4 nitrogen and oxygen atoms in total. The monoisotopic (exact) mass is 321 g/mol. The van der Waals surface area contributed by atoms with E-state index >= 15 is 0 Å². The minimum atomic E-state index is -0.938. The normalized spacial score (nSPS) is 25.3. The van der Waals surface area contributed by atoms with Crippen molar-refractivity contribution in [3.63, 3.8) is 0 Å². The summed E-state index contributed by atoms with van der Waals surface area (Å²) in [7, 11) is 0. The van der Waals surface area contributed by atoms with E-state index in [1.54, 1.807) is 6.92 Å². The van der Waals surface area contributed by atoms with Crippen LogP contribution in [0.15, 0.2) is 24.3 Å². The molecule has 126 valence electrons. The summed E-state index contributed by atoms with van der Waals surface area (Å²) in [6, 6.07) is 5.58. The fourth-order valence-corrected chi connectivity index (χ4v) is 3.12. The maximum absolute atomic E-state index is 12.8. The van der Waals surface area contributed by atoms with Crippen LogP contribution in [0.25, 0.3) is 0 Å². The molecule has 1 heterocycles. The van der Waals surface area contributed by atoms with Crippen LogP contribution in [0.2, 0.25) is 0 Å². The fourth-order valence-electron chi connectivity index (χ4n) is 3.12. The van der Waals surface area contributed by atoms with Crippen molar-refractivity contribution in [2.45, 2.75) is 38.7 Å². The number of likely N-dealkylation sites (tertiary alicyclic amines) is 1. The van der Waals surface area contributed by atoms with E-state index in [0.717, 1.165) is 6.54 Å². The lowest BCUT2D eigenvalue weighted by molar-refractivity contribution is -0.135. The molecule has 1 aliphatic rings. The van der Waals surface area contributed by atoms with Crippen LogP contribution in [0.5, 0.6) is 0 Å². The Hall–Kier alpha value is -1.59. The molecule has 0 amide bonds. The van der Waals surface area contributed by atoms with Crippen molar-refractivity contribution < 1.29 is 19.1 Å². The molecule has 23 heavy (non-hydrogen) atoms. The molecule has 1 N–H and O–H groups in total. The maximum atomic E-state index is 12.8. The Kier molecular flexibility index (Phi) is 5.65. The summed E-state index contributed by atoms with van der Waals surface area (Å²) >= 11 is 0. The Morgan fingerprint density at radius 2 is 2.00 bits per heavy atom. The lowest BCUT2D eigenvalue weighted by Gasteiger charge is -2.41. The average Bonchev–Trinajstić information content (AvgIpc) is 2.48. The summed E-state index contributed by atoms with van der Waals surface area (Å²) in [6.07, 6.45) is 1.63. The molecule has 2 rings (SSSR count). The molecule has 5 heteroatoms. The van der Waals surface area contributed by atoms with Gasteiger partial charge in [-0.15, -0.1) is 0 Å². The van der Waals surface area contributed by atoms with Gasteiger partial charge < -0.3 is 10.0 Å². The van der Waals surface area contributed by atoms with Gasteiger partial charge in [0.05, 0.1) is 11.5 Å². The molecule has 1 fully saturated rings. The third-order valence-electron chi connectivity index (χ3n) is 4.66. The van der Waals surface area contributed by atoms with Crippen LogP contribution in [-0.4, -0.2) is 46.8 Å². The first-order valence-electron chi connectivity index (χ1n) is 8.03. The number of hydrogen-bond donors (Lipinski definition) is 1. The Bertz CT molecular complexity index is 568. The van der Waals surface area contributed by atoms with Gasteiger partial charge in [0.1, 0.15) is 11.6 Å². The number of piperidine rings is 1. The predicted octanol–water partition coefficient (Wildman–Crippen LogP) is 2.45. The van der Waals surface area contributed by atoms with Gasteiger partial charge in [0.25, 0.3) is 0 Å². The lowest BCUT2D eigenvalue weighted by atomic mass is 9.80. The molecule has 0 bridgehead atoms. The largest absolute Gasteiger partial charge is 0.389 e. The molecule has 1 aliphatic heterocycles. The summed E-state index contributed by atoms with van der Waals surface area (Å²) in [5, 5.41) is 10.3. The van der Waals surface area contributed by atoms with Crippen molar-refractivity contribution in [1.82, 2.24) is 4.90 Å². The molecule has 0 aliphatic carbocycles. The summed E-state index contributed by atoms with van der Waals surface area (Å²) in [5.41, 5.74) is -0.415. The number of carbonyl (C=O) groups excluding carboxylic acids is 2. The summed E-state index contributed by atoms with van der Waals surface area (Å²) in [5.74, 6) is -0.722. The van der Waals surface area contributed by atoms with Gasteiger partial charge >= 0.3 is 0 Å². The minimum Gasteiger partial charge on any atom is -0.389 e. The summed E-state index contributed by atoms with van der Waals surface area (Å²) in [4.78, 5) is 25.8. The molecule has 0 radical (unpaired) electrons. The zero-order valence-corrected chi connectivity index (χ0v) is 13.7. The zero-order valence-electron chi connectivity index (χ0n) is 13.7. The summed E-state index contributed by atoms with van der Waals surface area (Å²) < 4.78 is 12.8. The number of benzene rings is 1. The number of ketones is 2. The van der Waals surface area contributed by atoms with Crippen LogP contribution in [0.4, 0.5) is 4.39 Å². The Labute approximate surface area is 136 Å². The SMILES string of the molecule is CC(=O)[C@H]1CN(CCCC(=O)c2ccc(F)cc2)CC[C@@]1(C)O. The van der Waals surface area contributed by atoms with Crippen LogP contribution in [0, 0.1) is 11.7 Å². The topological polar surface area (TPSA) is 57.6 Å². The highest BCUT2D eigenvalue weighted by atomic mass is 19.1. The Balaban J connectivity index is 1.81. The van der Waals surface area contributed by atoms with Crippen LogP contribution >= 0.6 is 0 Å². The molecule has 0 saturated carbocycles. The van der Waals surface area contributed by atoms with E-state index < -0.39 is 5.60 Å². The van der Waals surface area contributed by atoms with Gasteiger partial charge in [-0.1, -0.05) is 0 Å². The molecule has 1 saturated heterocycles. The van der Waals surface area contributed by atoms with Crippen molar-refractivity contribution in [2.24, 2.45) is 5.92 Å². The highest BCUT2D eigenvalue weighted by molar-refractivity contribution is 5.95. The first-order chi connectivity index (χ1) is 10.8. The second-order valence-corrected chi connectivity index (χ2v) is 6.60. The predicted molar refractivity (Wildman–Crippen MR) is 85.8 cm³/mol. The first kappa shape index (κ1) is 17.8. The quantitative estimate of drug-likeness (QED) is 0.818. The average molecular weight is 321 g/mol. The zero-order chi connectivity index (χ0) is 17.0. The standard InChI is InChI=1S/C18H24FNO3/c1-13(21)16-12-20(11-9-18(16,2)23)10-3-4-17(22)14-5-7-15(19)8-6-14/h5-8,16,23H,3-4,9-12H2,1-2H3/t16-,18-/m1/s1. The smallest absolute Gasteiger partial charge is 0.162 e. The van der Waals surface area contributed by atoms with E-state index in [-0.39, 0.29) is 23.3 Å². The number of aliphatic hydroxyl groups is 1. The number of carbonyl (C=O) groups is 2. The van der Waals surface area contributed by atoms with Crippen molar-refractivity contribution in [3.8, 4) is 0 Å². The molecule has 0 unspecified atom stereocenters. The number of halogens is 1. The van der Waals surface area contributed by atoms with Gasteiger partial charge in [-0.05, 0) is 57.5 Å². The third-order valence-corrected chi connectivity index (χ3v) is 4.66. The number of nitrogens with zero attached hydrogens (tertiary/aromatic N) is 1. The number of hydrogen-bond acceptors (Lipinski definition) is 4. The van der Waals surface area contributed by atoms with Gasteiger partial charge in [0.15, 0.2) is 5.78 Å². The van der Waals surface area contributed by atoms with Crippen LogP contribution in [0.1, 0.15) is 43.5 Å². The van der Waals surface area contributed by atoms with Gasteiger partial charge in [-0.3, -0.25) is 9.59 Å². The van der Waals surface area contributed by atoms with Crippen molar-refractivity contribution in [3.05, 3.63) is 35.6 Å². The summed E-state index contributed by atoms with van der Waals surface area (Å²) in [6.45, 7) is 5.20. The highest BCUT2D eigenvalue weighted by Gasteiger charge is 2.39. The highest BCUT2D eigenvalue weighted by Crippen LogP contribution is 2.28. The minimum absolute atomic E-state index is 0.00193. The van der Waals surface area contributed by atoms with E-state index in [4.69, 9.17) is 0 Å². The van der Waals surface area contributed by atoms with E-state index in [1.165, 1.54) is 31.2 Å². The Morgan fingerprint density at radius 3 is 2.61 bits per heavy atom. The molecular formula is C18H24FNO3. The van der Waals surface area contributed by atoms with Crippen LogP contribution < -0.4 is 0 Å². The van der Waals surface area contributed by atoms with E-state index in [1.807, 2.05) is 0 Å². The van der Waals surface area contributed by atoms with Gasteiger partial charge in [0.2, 0.25) is 0 Å². The van der Waals surface area contributed by atoms with Crippen molar-refractivity contribution >= 4 is 11.6 Å². The van der Waals surface area contributed by atoms with Gasteiger partial charge in [-0.2, -0.15) is 0 Å². The molecule has 0 spiro atoms. The van der Waals surface area contributed by atoms with Crippen molar-refractivity contribution in [1.29, 1.82) is 0 Å². The first-order valence-corrected chi connectivity index (χ1v) is 8.03. The molecule has 1 aromatic carbocycles. The fraction of sp³-hybridized carbons (Fsp3) is 0.556. The van der Waals surface area contributed by atoms with E-state index in [9.17, 15) is 19.1 Å².